The number of rotatable bonds is 6. The van der Waals surface area contributed by atoms with Gasteiger partial charge in [-0.05, 0) is 30.9 Å². The van der Waals surface area contributed by atoms with E-state index in [2.05, 4.69) is 5.32 Å². The predicted octanol–water partition coefficient (Wildman–Crippen LogP) is 2.09. The summed E-state index contributed by atoms with van der Waals surface area (Å²) in [7, 11) is 3.21. The lowest BCUT2D eigenvalue weighted by atomic mass is 10.1. The SMILES string of the molecule is COc1cccc(N(C)C(=O)NC(CC(=O)O)C2CC2)c1. The van der Waals surface area contributed by atoms with E-state index in [1.165, 1.54) is 4.90 Å². The number of ether oxygens (including phenoxy) is 1. The fourth-order valence-electron chi connectivity index (χ4n) is 2.21. The molecule has 21 heavy (non-hydrogen) atoms. The number of hydrogen-bond acceptors (Lipinski definition) is 3. The molecule has 6 nitrogen and oxygen atoms in total. The van der Waals surface area contributed by atoms with E-state index in [9.17, 15) is 9.59 Å². The molecule has 1 aromatic carbocycles. The third-order valence-corrected chi connectivity index (χ3v) is 3.64. The highest BCUT2D eigenvalue weighted by Gasteiger charge is 2.34. The smallest absolute Gasteiger partial charge is 0.321 e. The molecule has 0 heterocycles. The Morgan fingerprint density at radius 1 is 1.48 bits per heavy atom. The number of hydrogen-bond donors (Lipinski definition) is 2. The van der Waals surface area contributed by atoms with Crippen molar-refractivity contribution >= 4 is 17.7 Å². The third-order valence-electron chi connectivity index (χ3n) is 3.64. The Kier molecular flexibility index (Phi) is 4.67. The summed E-state index contributed by atoms with van der Waals surface area (Å²) in [5, 5.41) is 11.7. The minimum atomic E-state index is -0.892. The molecule has 0 radical (unpaired) electrons. The summed E-state index contributed by atoms with van der Waals surface area (Å²) in [4.78, 5) is 24.6. The summed E-state index contributed by atoms with van der Waals surface area (Å²) in [5.74, 6) is 0.0522. The van der Waals surface area contributed by atoms with Gasteiger partial charge in [-0.1, -0.05) is 6.07 Å². The Hall–Kier alpha value is -2.24. The van der Waals surface area contributed by atoms with E-state index in [-0.39, 0.29) is 24.4 Å². The summed E-state index contributed by atoms with van der Waals surface area (Å²) in [6.07, 6.45) is 1.91. The van der Waals surface area contributed by atoms with E-state index in [0.717, 1.165) is 12.8 Å². The first-order chi connectivity index (χ1) is 10.0. The van der Waals surface area contributed by atoms with Crippen LogP contribution in [0.4, 0.5) is 10.5 Å². The zero-order valence-electron chi connectivity index (χ0n) is 12.2. The van der Waals surface area contributed by atoms with E-state index in [0.29, 0.717) is 11.4 Å². The van der Waals surface area contributed by atoms with Gasteiger partial charge in [0, 0.05) is 24.8 Å². The van der Waals surface area contributed by atoms with Crippen LogP contribution in [0, 0.1) is 5.92 Å². The minimum Gasteiger partial charge on any atom is -0.497 e. The Balaban J connectivity index is 2.02. The Bertz CT molecular complexity index is 528. The van der Waals surface area contributed by atoms with Crippen LogP contribution in [-0.2, 0) is 4.79 Å². The van der Waals surface area contributed by atoms with E-state index >= 15 is 0 Å². The second-order valence-corrected chi connectivity index (χ2v) is 5.25. The number of amides is 2. The minimum absolute atomic E-state index is 0.0393. The molecule has 2 rings (SSSR count). The van der Waals surface area contributed by atoms with Crippen molar-refractivity contribution in [3.63, 3.8) is 0 Å². The zero-order valence-corrected chi connectivity index (χ0v) is 12.2. The average molecular weight is 292 g/mol. The van der Waals surface area contributed by atoms with Gasteiger partial charge in [0.1, 0.15) is 5.75 Å². The molecule has 0 saturated heterocycles. The Morgan fingerprint density at radius 3 is 2.76 bits per heavy atom. The van der Waals surface area contributed by atoms with E-state index in [4.69, 9.17) is 9.84 Å². The molecule has 1 atom stereocenters. The molecule has 0 aliphatic heterocycles. The van der Waals surface area contributed by atoms with Crippen LogP contribution in [0.25, 0.3) is 0 Å². The van der Waals surface area contributed by atoms with Gasteiger partial charge in [-0.15, -0.1) is 0 Å². The maximum Gasteiger partial charge on any atom is 0.321 e. The second-order valence-electron chi connectivity index (χ2n) is 5.25. The lowest BCUT2D eigenvalue weighted by Crippen LogP contribution is -2.45. The van der Waals surface area contributed by atoms with Crippen molar-refractivity contribution in [3.8, 4) is 5.75 Å². The van der Waals surface area contributed by atoms with Gasteiger partial charge in [0.2, 0.25) is 0 Å². The van der Waals surface area contributed by atoms with Crippen LogP contribution in [0.1, 0.15) is 19.3 Å². The van der Waals surface area contributed by atoms with Gasteiger partial charge in [0.25, 0.3) is 0 Å². The Labute approximate surface area is 123 Å². The molecule has 1 aliphatic rings. The molecule has 1 fully saturated rings. The topological polar surface area (TPSA) is 78.9 Å². The van der Waals surface area contributed by atoms with Gasteiger partial charge in [0.05, 0.1) is 13.5 Å². The average Bonchev–Trinajstić information content (AvgIpc) is 3.30. The molecule has 0 aromatic heterocycles. The van der Waals surface area contributed by atoms with Gasteiger partial charge in [-0.3, -0.25) is 9.69 Å². The lowest BCUT2D eigenvalue weighted by Gasteiger charge is -2.23. The maximum absolute atomic E-state index is 12.2. The van der Waals surface area contributed by atoms with Crippen molar-refractivity contribution < 1.29 is 19.4 Å². The van der Waals surface area contributed by atoms with Crippen LogP contribution >= 0.6 is 0 Å². The number of carbonyl (C=O) groups excluding carboxylic acids is 1. The van der Waals surface area contributed by atoms with E-state index in [1.807, 2.05) is 0 Å². The van der Waals surface area contributed by atoms with Crippen molar-refractivity contribution in [1.29, 1.82) is 0 Å². The summed E-state index contributed by atoms with van der Waals surface area (Å²) in [6, 6.07) is 6.54. The van der Waals surface area contributed by atoms with Crippen molar-refractivity contribution in [2.75, 3.05) is 19.1 Å². The van der Waals surface area contributed by atoms with Crippen LogP contribution < -0.4 is 15.0 Å². The molecular formula is C15H20N2O4. The first kappa shape index (κ1) is 15.2. The number of nitrogens with one attached hydrogen (secondary N) is 1. The zero-order chi connectivity index (χ0) is 15.4. The number of carboxylic acid groups (broad SMARTS) is 1. The highest BCUT2D eigenvalue weighted by atomic mass is 16.5. The van der Waals surface area contributed by atoms with Crippen molar-refractivity contribution in [3.05, 3.63) is 24.3 Å². The first-order valence-corrected chi connectivity index (χ1v) is 6.91. The highest BCUT2D eigenvalue weighted by molar-refractivity contribution is 5.92. The van der Waals surface area contributed by atoms with Crippen molar-refractivity contribution in [2.45, 2.75) is 25.3 Å². The van der Waals surface area contributed by atoms with Crippen LogP contribution in [0.5, 0.6) is 5.75 Å². The second kappa shape index (κ2) is 6.47. The molecule has 0 spiro atoms. The van der Waals surface area contributed by atoms with Gasteiger partial charge in [0.15, 0.2) is 0 Å². The largest absolute Gasteiger partial charge is 0.497 e. The van der Waals surface area contributed by atoms with E-state index < -0.39 is 5.97 Å². The summed E-state index contributed by atoms with van der Waals surface area (Å²) < 4.78 is 5.13. The molecule has 1 unspecified atom stereocenters. The van der Waals surface area contributed by atoms with Gasteiger partial charge in [-0.2, -0.15) is 0 Å². The van der Waals surface area contributed by atoms with Crippen LogP contribution in [-0.4, -0.2) is 37.3 Å². The van der Waals surface area contributed by atoms with Crippen LogP contribution in [0.2, 0.25) is 0 Å². The van der Waals surface area contributed by atoms with Crippen molar-refractivity contribution in [1.82, 2.24) is 5.32 Å². The number of carbonyl (C=O) groups is 2. The molecule has 6 heteroatoms. The number of urea groups is 1. The fraction of sp³-hybridized carbons (Fsp3) is 0.467. The molecule has 1 aromatic rings. The number of methoxy groups -OCH3 is 1. The molecule has 1 aliphatic carbocycles. The molecule has 114 valence electrons. The molecule has 1 saturated carbocycles. The highest BCUT2D eigenvalue weighted by Crippen LogP contribution is 2.34. The monoisotopic (exact) mass is 292 g/mol. The number of anilines is 1. The first-order valence-electron chi connectivity index (χ1n) is 6.91. The quantitative estimate of drug-likeness (QED) is 0.841. The Morgan fingerprint density at radius 2 is 2.19 bits per heavy atom. The fourth-order valence-corrected chi connectivity index (χ4v) is 2.21. The van der Waals surface area contributed by atoms with E-state index in [1.54, 1.807) is 38.4 Å². The van der Waals surface area contributed by atoms with Crippen molar-refractivity contribution in [2.24, 2.45) is 5.92 Å². The van der Waals surface area contributed by atoms with Gasteiger partial charge >= 0.3 is 12.0 Å². The molecule has 0 bridgehead atoms. The van der Waals surface area contributed by atoms with Crippen LogP contribution in [0.3, 0.4) is 0 Å². The summed E-state index contributed by atoms with van der Waals surface area (Å²) in [5.41, 5.74) is 0.691. The summed E-state index contributed by atoms with van der Waals surface area (Å²) >= 11 is 0. The number of nitrogens with zero attached hydrogens (tertiary/aromatic N) is 1. The number of carboxylic acids is 1. The predicted molar refractivity (Wildman–Crippen MR) is 78.7 cm³/mol. The van der Waals surface area contributed by atoms with Gasteiger partial charge < -0.3 is 15.2 Å². The lowest BCUT2D eigenvalue weighted by molar-refractivity contribution is -0.137. The van der Waals surface area contributed by atoms with Gasteiger partial charge in [-0.25, -0.2) is 4.79 Å². The molecular weight excluding hydrogens is 272 g/mol. The number of aliphatic carboxylic acids is 1. The molecule has 2 amide bonds. The third kappa shape index (κ3) is 4.11. The number of benzene rings is 1. The standard InChI is InChI=1S/C15H20N2O4/c1-17(11-4-3-5-12(8-11)21-2)15(20)16-13(9-14(18)19)10-6-7-10/h3-5,8,10,13H,6-7,9H2,1-2H3,(H,16,20)(H,18,19). The maximum atomic E-state index is 12.2. The van der Waals surface area contributed by atoms with Crippen LogP contribution in [0.15, 0.2) is 24.3 Å². The summed E-state index contributed by atoms with van der Waals surface area (Å²) in [6.45, 7) is 0. The normalized spacial score (nSPS) is 15.1. The molecule has 2 N–H and O–H groups in total.